The molecule has 0 spiro atoms. The zero-order chi connectivity index (χ0) is 34.9. The molecule has 8 rings (SSSR count). The molecule has 10 nitrogen and oxygen atoms in total. The number of hydrogen-bond acceptors (Lipinski definition) is 6. The number of likely N-dealkylation sites (N-methyl/N-ethyl adjacent to an activating group) is 1. The highest BCUT2D eigenvalue weighted by Crippen LogP contribution is 2.29. The van der Waals surface area contributed by atoms with Gasteiger partial charge >= 0.3 is 11.8 Å². The number of carbonyl (C=O) groups excluding carboxylic acids is 2. The van der Waals surface area contributed by atoms with E-state index in [0.29, 0.717) is 6.61 Å². The fourth-order valence-electron chi connectivity index (χ4n) is 8.38. The Morgan fingerprint density at radius 2 is 1.24 bits per heavy atom. The highest BCUT2D eigenvalue weighted by atomic mass is 16.5. The van der Waals surface area contributed by atoms with Crippen molar-refractivity contribution in [2.24, 2.45) is 0 Å². The monoisotopic (exact) mass is 685 g/mol. The second-order valence-corrected chi connectivity index (χ2v) is 14.5. The number of ether oxygens (including phenoxy) is 1. The molecule has 0 bridgehead atoms. The highest BCUT2D eigenvalue weighted by molar-refractivity contribution is 5.76. The maximum Gasteiger partial charge on any atom is 0.341 e. The van der Waals surface area contributed by atoms with E-state index in [0.717, 1.165) is 112 Å². The minimum absolute atomic E-state index is 0.00788. The van der Waals surface area contributed by atoms with E-state index in [9.17, 15) is 9.59 Å². The predicted molar refractivity (Wildman–Crippen MR) is 195 cm³/mol. The minimum atomic E-state index is -0.299. The molecule has 3 aliphatic heterocycles. The van der Waals surface area contributed by atoms with Gasteiger partial charge in [-0.25, -0.2) is 19.6 Å². The number of hydrogen-bond donors (Lipinski definition) is 4. The van der Waals surface area contributed by atoms with Crippen molar-refractivity contribution in [3.8, 4) is 33.6 Å². The molecule has 51 heavy (non-hydrogen) atoms. The zero-order valence-electron chi connectivity index (χ0n) is 29.4. The maximum absolute atomic E-state index is 13.9. The molecule has 6 atom stereocenters. The lowest BCUT2D eigenvalue weighted by Gasteiger charge is -2.27. The van der Waals surface area contributed by atoms with Crippen molar-refractivity contribution in [2.75, 3.05) is 33.8 Å². The number of imidazole rings is 2. The largest absolute Gasteiger partial charge is 0.364 e. The number of likely N-dealkylation sites (tertiary alicyclic amines) is 2. The van der Waals surface area contributed by atoms with Crippen molar-refractivity contribution in [3.63, 3.8) is 0 Å². The molecular weight excluding hydrogens is 638 g/mol. The number of rotatable bonds is 9. The predicted octanol–water partition coefficient (Wildman–Crippen LogP) is 4.11. The second kappa shape index (κ2) is 14.5. The van der Waals surface area contributed by atoms with E-state index in [-0.39, 0.29) is 36.0 Å². The average Bonchev–Trinajstić information content (AvgIpc) is 4.01. The summed E-state index contributed by atoms with van der Waals surface area (Å²) in [5.74, 6) is 2.12. The molecule has 0 radical (unpaired) electrons. The van der Waals surface area contributed by atoms with Crippen LogP contribution >= 0.6 is 0 Å². The Bertz CT molecular complexity index is 1960. The van der Waals surface area contributed by atoms with E-state index in [1.54, 1.807) is 0 Å². The first-order valence-electron chi connectivity index (χ1n) is 18.4. The van der Waals surface area contributed by atoms with Gasteiger partial charge in [0, 0.05) is 32.3 Å². The van der Waals surface area contributed by atoms with Gasteiger partial charge in [-0.05, 0) is 54.8 Å². The van der Waals surface area contributed by atoms with Crippen molar-refractivity contribution in [3.05, 3.63) is 108 Å². The molecule has 2 aromatic heterocycles. The third-order valence-corrected chi connectivity index (χ3v) is 11.0. The van der Waals surface area contributed by atoms with Gasteiger partial charge < -0.3 is 14.7 Å². The summed E-state index contributed by atoms with van der Waals surface area (Å²) in [5.41, 5.74) is 7.30. The topological polar surface area (TPSA) is 113 Å². The lowest BCUT2D eigenvalue weighted by molar-refractivity contribution is -0.842. The molecule has 5 unspecified atom stereocenters. The molecule has 0 aliphatic carbocycles. The second-order valence-electron chi connectivity index (χ2n) is 14.5. The van der Waals surface area contributed by atoms with Crippen LogP contribution in [-0.4, -0.2) is 76.5 Å². The summed E-state index contributed by atoms with van der Waals surface area (Å²) in [6.07, 6.45) is 9.17. The third kappa shape index (κ3) is 6.72. The van der Waals surface area contributed by atoms with Crippen molar-refractivity contribution < 1.29 is 24.1 Å². The first kappa shape index (κ1) is 33.4. The molecule has 0 saturated carbocycles. The first-order chi connectivity index (χ1) is 24.9. The van der Waals surface area contributed by atoms with Gasteiger partial charge in [-0.2, -0.15) is 0 Å². The molecule has 3 saturated heterocycles. The number of H-pyrrole nitrogens is 2. The molecule has 3 fully saturated rings. The SMILES string of the molecule is CN(C)[C@@H](C(=O)[NH+]1CCCC1c1ncc(-c2ccc(-c3ccc(-c4cnc(C5CCC[NH+]5C(=O)C5CCCO5)[nH]4)cc3)cc2)[nH]1)c1ccccc1. The van der Waals surface area contributed by atoms with Crippen LogP contribution in [0.15, 0.2) is 91.3 Å². The number of nitrogens with one attached hydrogen (secondary N) is 4. The number of carbonyl (C=O) groups is 2. The van der Waals surface area contributed by atoms with Crippen molar-refractivity contribution in [1.29, 1.82) is 0 Å². The zero-order valence-corrected chi connectivity index (χ0v) is 29.4. The summed E-state index contributed by atoms with van der Waals surface area (Å²) in [6.45, 7) is 2.33. The summed E-state index contributed by atoms with van der Waals surface area (Å²) in [7, 11) is 3.95. The summed E-state index contributed by atoms with van der Waals surface area (Å²) >= 11 is 0. The summed E-state index contributed by atoms with van der Waals surface area (Å²) < 4.78 is 5.70. The Kier molecular flexibility index (Phi) is 9.48. The fraction of sp³-hybridized carbons (Fsp3) is 0.366. The van der Waals surface area contributed by atoms with E-state index in [4.69, 9.17) is 14.7 Å². The summed E-state index contributed by atoms with van der Waals surface area (Å²) in [5, 5.41) is 0. The Labute approximate surface area is 298 Å². The Balaban J connectivity index is 0.930. The van der Waals surface area contributed by atoms with E-state index in [1.165, 1.54) is 0 Å². The molecule has 5 aromatic rings. The van der Waals surface area contributed by atoms with Crippen LogP contribution in [0.5, 0.6) is 0 Å². The van der Waals surface area contributed by atoms with Gasteiger partial charge in [0.15, 0.2) is 35.9 Å². The molecule has 3 aliphatic rings. The fourth-order valence-corrected chi connectivity index (χ4v) is 8.38. The Morgan fingerprint density at radius 3 is 1.76 bits per heavy atom. The molecule has 3 aromatic carbocycles. The number of aromatic amines is 2. The first-order valence-corrected chi connectivity index (χ1v) is 18.4. The number of aromatic nitrogens is 4. The maximum atomic E-state index is 13.9. The third-order valence-electron chi connectivity index (χ3n) is 11.0. The number of nitrogens with zero attached hydrogens (tertiary/aromatic N) is 3. The van der Waals surface area contributed by atoms with Crippen LogP contribution in [0.4, 0.5) is 0 Å². The van der Waals surface area contributed by atoms with Crippen LogP contribution in [0.2, 0.25) is 0 Å². The molecular formula is C41H47N7O3+2. The quantitative estimate of drug-likeness (QED) is 0.186. The van der Waals surface area contributed by atoms with Gasteiger partial charge in [-0.3, -0.25) is 14.7 Å². The lowest BCUT2D eigenvalue weighted by atomic mass is 10.0. The Morgan fingerprint density at radius 1 is 0.706 bits per heavy atom. The van der Waals surface area contributed by atoms with Crippen LogP contribution in [-0.2, 0) is 14.3 Å². The standard InChI is InChI=1S/C41H45N7O3/c1-46(2)37(31-9-4-3-5-10-31)41(50)48-23-7-12-35(48)39-43-26-33(45-39)30-20-16-28(17-21-30)27-14-18-29(19-15-27)32-25-42-38(44-32)34-11-6-22-47(34)40(49)36-13-8-24-51-36/h3-5,9-10,14-21,25-26,34-37H,6-8,11-13,22-24H2,1-2H3,(H,42,44)(H,43,45)/p+2/t34?,35?,36?,37-/m1/s1. The van der Waals surface area contributed by atoms with Gasteiger partial charge in [0.1, 0.15) is 0 Å². The number of quaternary nitrogens is 2. The van der Waals surface area contributed by atoms with Gasteiger partial charge in [0.25, 0.3) is 0 Å². The smallest absolute Gasteiger partial charge is 0.341 e. The van der Waals surface area contributed by atoms with Crippen LogP contribution in [0.25, 0.3) is 33.6 Å². The van der Waals surface area contributed by atoms with Crippen LogP contribution in [0.1, 0.15) is 73.9 Å². The lowest BCUT2D eigenvalue weighted by Crippen LogP contribution is -3.14. The summed E-state index contributed by atoms with van der Waals surface area (Å²) in [6, 6.07) is 26.8. The van der Waals surface area contributed by atoms with Gasteiger partial charge in [0.2, 0.25) is 0 Å². The van der Waals surface area contributed by atoms with E-state index in [1.807, 2.05) is 61.7 Å². The molecule has 5 heterocycles. The highest BCUT2D eigenvalue weighted by Gasteiger charge is 2.43. The van der Waals surface area contributed by atoms with Gasteiger partial charge in [-0.1, -0.05) is 78.9 Å². The average molecular weight is 686 g/mol. The van der Waals surface area contributed by atoms with E-state index in [2.05, 4.69) is 58.5 Å². The van der Waals surface area contributed by atoms with Crippen LogP contribution < -0.4 is 9.80 Å². The minimum Gasteiger partial charge on any atom is -0.364 e. The number of benzene rings is 3. The molecule has 10 heteroatoms. The van der Waals surface area contributed by atoms with Gasteiger partial charge in [0.05, 0.1) is 36.9 Å². The van der Waals surface area contributed by atoms with Crippen molar-refractivity contribution in [2.45, 2.75) is 62.8 Å². The molecule has 2 amide bonds. The normalized spacial score (nSPS) is 23.9. The summed E-state index contributed by atoms with van der Waals surface area (Å²) in [4.78, 5) is 47.6. The Hall–Kier alpha value is -4.74. The van der Waals surface area contributed by atoms with Crippen molar-refractivity contribution >= 4 is 11.8 Å². The molecule has 4 N–H and O–H groups in total. The van der Waals surface area contributed by atoms with Crippen LogP contribution in [0, 0.1) is 0 Å². The van der Waals surface area contributed by atoms with Crippen LogP contribution in [0.3, 0.4) is 0 Å². The van der Waals surface area contributed by atoms with Crippen molar-refractivity contribution in [1.82, 2.24) is 24.8 Å². The molecule has 262 valence electrons. The number of amides is 2. The van der Waals surface area contributed by atoms with E-state index >= 15 is 0 Å². The van der Waals surface area contributed by atoms with Gasteiger partial charge in [-0.15, -0.1) is 0 Å². The van der Waals surface area contributed by atoms with E-state index < -0.39 is 0 Å².